The van der Waals surface area contributed by atoms with Gasteiger partial charge in [-0.15, -0.1) is 0 Å². The average molecular weight is 725 g/mol. The lowest BCUT2D eigenvalue weighted by molar-refractivity contribution is -0.149. The number of unbranched alkanes of at least 4 members (excludes halogenated alkanes) is 2. The van der Waals surface area contributed by atoms with Crippen LogP contribution >= 0.6 is 0 Å². The van der Waals surface area contributed by atoms with Crippen LogP contribution in [0.1, 0.15) is 69.9 Å². The van der Waals surface area contributed by atoms with Crippen LogP contribution in [0.2, 0.25) is 0 Å². The van der Waals surface area contributed by atoms with E-state index >= 15 is 0 Å². The molecule has 6 atom stereocenters. The van der Waals surface area contributed by atoms with Crippen LogP contribution in [0.25, 0.3) is 0 Å². The van der Waals surface area contributed by atoms with E-state index in [4.69, 9.17) is 17.2 Å². The molecule has 1 aromatic heterocycles. The smallest absolute Gasteiger partial charge is 0.326 e. The number of carbonyl (C=O) groups excluding carboxylic acids is 5. The van der Waals surface area contributed by atoms with Crippen molar-refractivity contribution in [1.82, 2.24) is 36.1 Å². The second-order valence-corrected chi connectivity index (χ2v) is 12.3. The largest absolute Gasteiger partial charge is 0.481 e. The lowest BCUT2D eigenvalue weighted by atomic mass is 10.0. The first-order valence-electron chi connectivity index (χ1n) is 17.0. The zero-order valence-corrected chi connectivity index (χ0v) is 28.6. The van der Waals surface area contributed by atoms with Crippen molar-refractivity contribution in [2.45, 2.75) is 107 Å². The predicted molar refractivity (Wildman–Crippen MR) is 180 cm³/mol. The Morgan fingerprint density at radius 3 is 1.96 bits per heavy atom. The Morgan fingerprint density at radius 2 is 1.39 bits per heavy atom. The summed E-state index contributed by atoms with van der Waals surface area (Å²) in [6.45, 7) is -0.0675. The lowest BCUT2D eigenvalue weighted by Gasteiger charge is -2.29. The van der Waals surface area contributed by atoms with Crippen molar-refractivity contribution < 1.29 is 48.9 Å². The Balaban J connectivity index is 2.22. The molecule has 1 aliphatic heterocycles. The molecule has 1 aromatic rings. The second kappa shape index (κ2) is 22.2. The van der Waals surface area contributed by atoms with Crippen molar-refractivity contribution in [2.75, 3.05) is 26.2 Å². The first-order valence-corrected chi connectivity index (χ1v) is 17.0. The van der Waals surface area contributed by atoms with Gasteiger partial charge in [0.15, 0.2) is 0 Å². The van der Waals surface area contributed by atoms with Crippen LogP contribution in [0.4, 0.5) is 0 Å². The van der Waals surface area contributed by atoms with Gasteiger partial charge < -0.3 is 63.7 Å². The number of nitrogens with two attached hydrogens (primary N) is 3. The summed E-state index contributed by atoms with van der Waals surface area (Å²) in [5.41, 5.74) is 17.5. The minimum atomic E-state index is -1.67. The van der Waals surface area contributed by atoms with Crippen LogP contribution in [0, 0.1) is 0 Å². The van der Waals surface area contributed by atoms with E-state index in [-0.39, 0.29) is 25.8 Å². The van der Waals surface area contributed by atoms with E-state index in [0.717, 1.165) is 4.90 Å². The van der Waals surface area contributed by atoms with Crippen molar-refractivity contribution in [3.63, 3.8) is 0 Å². The van der Waals surface area contributed by atoms with Gasteiger partial charge in [-0.25, -0.2) is 9.78 Å². The summed E-state index contributed by atoms with van der Waals surface area (Å²) in [6, 6.07) is -7.69. The maximum absolute atomic E-state index is 13.5. The number of carboxylic acids is 2. The van der Waals surface area contributed by atoms with E-state index in [9.17, 15) is 48.9 Å². The van der Waals surface area contributed by atoms with Crippen LogP contribution in [0.5, 0.6) is 0 Å². The second-order valence-electron chi connectivity index (χ2n) is 12.3. The van der Waals surface area contributed by atoms with Gasteiger partial charge in [0.1, 0.15) is 30.2 Å². The normalized spacial score (nSPS) is 17.0. The number of likely N-dealkylation sites (tertiary alicyclic amines) is 1. The van der Waals surface area contributed by atoms with Gasteiger partial charge in [-0.3, -0.25) is 28.8 Å². The summed E-state index contributed by atoms with van der Waals surface area (Å²) in [5.74, 6) is -6.62. The summed E-state index contributed by atoms with van der Waals surface area (Å²) < 4.78 is 0. The zero-order chi connectivity index (χ0) is 37.9. The molecule has 5 amide bonds. The predicted octanol–water partition coefficient (Wildman–Crippen LogP) is -3.59. The Bertz CT molecular complexity index is 1310. The summed E-state index contributed by atoms with van der Waals surface area (Å²) in [6.07, 6.45) is 4.97. The minimum Gasteiger partial charge on any atom is -0.481 e. The third kappa shape index (κ3) is 14.2. The van der Waals surface area contributed by atoms with Gasteiger partial charge in [0.25, 0.3) is 0 Å². The van der Waals surface area contributed by atoms with Gasteiger partial charge in [0.2, 0.25) is 29.5 Å². The number of carboxylic acid groups (broad SMARTS) is 2. The highest BCUT2D eigenvalue weighted by Gasteiger charge is 2.39. The number of hydrogen-bond acceptors (Lipinski definition) is 12. The highest BCUT2D eigenvalue weighted by Crippen LogP contribution is 2.19. The van der Waals surface area contributed by atoms with E-state index in [2.05, 4.69) is 31.2 Å². The molecule has 14 N–H and O–H groups in total. The molecule has 286 valence electrons. The number of aliphatic hydroxyl groups is 1. The number of hydrogen-bond donors (Lipinski definition) is 11. The summed E-state index contributed by atoms with van der Waals surface area (Å²) in [7, 11) is 0. The number of aromatic nitrogens is 2. The third-order valence-corrected chi connectivity index (χ3v) is 8.40. The van der Waals surface area contributed by atoms with Gasteiger partial charge in [-0.1, -0.05) is 6.42 Å². The van der Waals surface area contributed by atoms with Crippen molar-refractivity contribution in [3.8, 4) is 0 Å². The quantitative estimate of drug-likeness (QED) is 0.0459. The molecule has 2 rings (SSSR count). The molecule has 0 saturated carbocycles. The Kier molecular flexibility index (Phi) is 18.5. The van der Waals surface area contributed by atoms with Gasteiger partial charge in [0.05, 0.1) is 19.0 Å². The minimum absolute atomic E-state index is 0.120. The van der Waals surface area contributed by atoms with E-state index < -0.39 is 97.2 Å². The van der Waals surface area contributed by atoms with Crippen molar-refractivity contribution in [1.29, 1.82) is 0 Å². The molecule has 1 fully saturated rings. The molecule has 20 nitrogen and oxygen atoms in total. The molecule has 20 heteroatoms. The third-order valence-electron chi connectivity index (χ3n) is 8.40. The fraction of sp³-hybridized carbons (Fsp3) is 0.677. The Labute approximate surface area is 295 Å². The Morgan fingerprint density at radius 1 is 0.824 bits per heavy atom. The number of nitrogens with one attached hydrogen (secondary N) is 5. The fourth-order valence-corrected chi connectivity index (χ4v) is 5.53. The first-order chi connectivity index (χ1) is 24.3. The molecular weight excluding hydrogens is 672 g/mol. The summed E-state index contributed by atoms with van der Waals surface area (Å²) >= 11 is 0. The molecule has 0 spiro atoms. The van der Waals surface area contributed by atoms with E-state index in [1.807, 2.05) is 0 Å². The number of imidazole rings is 1. The number of aromatic amines is 1. The molecule has 1 saturated heterocycles. The molecule has 0 unspecified atom stereocenters. The number of rotatable bonds is 24. The lowest BCUT2D eigenvalue weighted by Crippen LogP contribution is -2.60. The molecule has 51 heavy (non-hydrogen) atoms. The van der Waals surface area contributed by atoms with Crippen LogP contribution in [0.15, 0.2) is 12.5 Å². The summed E-state index contributed by atoms with van der Waals surface area (Å²) in [5, 5.41) is 38.8. The van der Waals surface area contributed by atoms with E-state index in [1.165, 1.54) is 12.5 Å². The van der Waals surface area contributed by atoms with Gasteiger partial charge in [-0.2, -0.15) is 0 Å². The van der Waals surface area contributed by atoms with Crippen LogP contribution < -0.4 is 38.5 Å². The number of carbonyl (C=O) groups is 7. The number of H-pyrrole nitrogens is 1. The topological polar surface area (TPSA) is 338 Å². The fourth-order valence-electron chi connectivity index (χ4n) is 5.53. The molecule has 0 aromatic carbocycles. The maximum atomic E-state index is 13.5. The van der Waals surface area contributed by atoms with Gasteiger partial charge in [-0.05, 0) is 64.5 Å². The molecule has 0 bridgehead atoms. The van der Waals surface area contributed by atoms with Crippen LogP contribution in [-0.4, -0.2) is 134 Å². The number of aliphatic hydroxyl groups excluding tert-OH is 1. The number of aliphatic carboxylic acids is 2. The SMILES string of the molecule is NCCCC[C@H](NC(=O)[C@@H](N)CCCCN)C(=O)N[C@@H](CCC(=O)O)C(=O)N[C@@H](CO)C(=O)N[C@@H](Cc1cnc[nH]1)C(=O)N1CCC[C@H]1C(=O)O. The van der Waals surface area contributed by atoms with Crippen molar-refractivity contribution in [3.05, 3.63) is 18.2 Å². The first kappa shape index (κ1) is 42.5. The van der Waals surface area contributed by atoms with Crippen LogP contribution in [-0.2, 0) is 40.0 Å². The average Bonchev–Trinajstić information content (AvgIpc) is 3.80. The molecule has 1 aliphatic rings. The Hall–Kier alpha value is -4.66. The van der Waals surface area contributed by atoms with E-state index in [0.29, 0.717) is 57.3 Å². The van der Waals surface area contributed by atoms with Gasteiger partial charge >= 0.3 is 11.9 Å². The molecular formula is C31H52N10O10. The maximum Gasteiger partial charge on any atom is 0.326 e. The van der Waals surface area contributed by atoms with Crippen molar-refractivity contribution in [2.24, 2.45) is 17.2 Å². The number of nitrogens with zero attached hydrogens (tertiary/aromatic N) is 2. The molecule has 0 aliphatic carbocycles. The van der Waals surface area contributed by atoms with Crippen LogP contribution in [0.3, 0.4) is 0 Å². The van der Waals surface area contributed by atoms with E-state index in [1.54, 1.807) is 0 Å². The monoisotopic (exact) mass is 724 g/mol. The highest BCUT2D eigenvalue weighted by molar-refractivity contribution is 5.96. The standard InChI is InChI=1S/C31H52N10O10/c32-11-3-1-6-19(34)26(45)37-20(7-2-4-12-33)27(46)38-21(9-10-25(43)44)28(47)40-23(16-42)29(48)39-22(14-18-15-35-17-36-18)30(49)41-13-5-8-24(41)31(50)51/h15,17,19-24,42H,1-14,16,32-34H2,(H,35,36)(H,37,45)(H,38,46)(H,39,48)(H,40,47)(H,43,44)(H,50,51)/t19-,20-,21-,22-,23-,24-/m0/s1. The summed E-state index contributed by atoms with van der Waals surface area (Å²) in [4.78, 5) is 97.5. The van der Waals surface area contributed by atoms with Crippen molar-refractivity contribution >= 4 is 41.5 Å². The van der Waals surface area contributed by atoms with Gasteiger partial charge in [0, 0.05) is 31.3 Å². The molecule has 2 heterocycles. The highest BCUT2D eigenvalue weighted by atomic mass is 16.4. The zero-order valence-electron chi connectivity index (χ0n) is 28.6. The molecule has 0 radical (unpaired) electrons. The number of amides is 5.